The van der Waals surface area contributed by atoms with Gasteiger partial charge in [-0.1, -0.05) is 0 Å². The summed E-state index contributed by atoms with van der Waals surface area (Å²) >= 11 is -2.99. The number of hydrogen-bond acceptors (Lipinski definition) is 18. The predicted octanol–water partition coefficient (Wildman–Crippen LogP) is -11.9. The van der Waals surface area contributed by atoms with Crippen LogP contribution in [0.4, 0.5) is 5.82 Å². The minimum Gasteiger partial charge on any atom is -0.750 e. The van der Waals surface area contributed by atoms with E-state index in [1.165, 1.54) is 6.92 Å². The number of aromatic nitrogens is 2. The topological polar surface area (TPSA) is 320 Å². The van der Waals surface area contributed by atoms with E-state index in [4.69, 9.17) is 4.18 Å². The molecule has 2 saturated carbocycles. The molecule has 0 aromatic carbocycles. The number of nitrogens with zero attached hydrogens (tertiary/aromatic N) is 6. The van der Waals surface area contributed by atoms with Gasteiger partial charge in [-0.05, 0) is 77.3 Å². The molecule has 3 rings (SSSR count). The van der Waals surface area contributed by atoms with E-state index in [9.17, 15) is 57.7 Å². The number of azo groups is 1. The summed E-state index contributed by atoms with van der Waals surface area (Å²) < 4.78 is 131. The number of unbranched alkanes of at least 4 members (excludes halogenated alkanes) is 2. The number of rotatable bonds is 18. The molecule has 1 amide bonds. The van der Waals surface area contributed by atoms with Crippen molar-refractivity contribution in [3.8, 4) is 6.07 Å². The molecule has 20 nitrogen and oxygen atoms in total. The van der Waals surface area contributed by atoms with Gasteiger partial charge < -0.3 is 28.4 Å². The van der Waals surface area contributed by atoms with Crippen molar-refractivity contribution in [2.45, 2.75) is 107 Å². The summed E-state index contributed by atoms with van der Waals surface area (Å²) in [6.07, 6.45) is 1.41. The third-order valence-electron chi connectivity index (χ3n) is 8.69. The van der Waals surface area contributed by atoms with E-state index in [0.717, 1.165) is 10.9 Å². The SMILES string of the molecule is CC(=O)NC1CC(N(CCCCS(=O)(=O)[O-])CCCCS(=O)(=O)[O-])CCC1N=Nc1c(C#N)cnn1C1CC(S(=O)(=O)[O-])CCC1OS(=O)[O-].[K+].[K+].[K+].[K+]. The number of carbonyl (C=O) groups excluding carboxylic acids is 1. The Morgan fingerprint density at radius 1 is 0.981 bits per heavy atom. The first-order valence-electron chi connectivity index (χ1n) is 15.7. The monoisotopic (exact) mass is 941 g/mol. The van der Waals surface area contributed by atoms with E-state index in [1.54, 1.807) is 0 Å². The molecule has 0 saturated heterocycles. The molecule has 1 aromatic heterocycles. The van der Waals surface area contributed by atoms with Gasteiger partial charge in [-0.3, -0.25) is 8.98 Å². The van der Waals surface area contributed by atoms with Crippen molar-refractivity contribution in [3.05, 3.63) is 11.8 Å². The van der Waals surface area contributed by atoms with E-state index >= 15 is 0 Å². The fraction of sp³-hybridized carbons (Fsp3) is 0.808. The van der Waals surface area contributed by atoms with Gasteiger partial charge in [0.15, 0.2) is 5.82 Å². The number of hydrogen-bond donors (Lipinski definition) is 1. The second-order valence-corrected chi connectivity index (χ2v) is 17.6. The Bertz CT molecular complexity index is 1730. The quantitative estimate of drug-likeness (QED) is 0.0470. The van der Waals surface area contributed by atoms with Gasteiger partial charge in [-0.15, -0.1) is 5.11 Å². The summed E-state index contributed by atoms with van der Waals surface area (Å²) in [5.74, 6) is -1.62. The zero-order valence-corrected chi connectivity index (χ0v) is 46.8. The zero-order chi connectivity index (χ0) is 37.3. The molecule has 0 spiro atoms. The second-order valence-electron chi connectivity index (χ2n) is 12.3. The van der Waals surface area contributed by atoms with Crippen molar-refractivity contribution in [1.82, 2.24) is 20.0 Å². The third kappa shape index (κ3) is 21.9. The van der Waals surface area contributed by atoms with Crippen LogP contribution in [0.15, 0.2) is 16.4 Å². The van der Waals surface area contributed by atoms with Crippen LogP contribution in [-0.4, -0.2) is 122 Å². The number of carbonyl (C=O) groups is 1. The maximum absolute atomic E-state index is 12.2. The van der Waals surface area contributed by atoms with E-state index < -0.39 is 82.7 Å². The second kappa shape index (κ2) is 28.7. The molecule has 1 N–H and O–H groups in total. The van der Waals surface area contributed by atoms with E-state index in [2.05, 4.69) is 20.6 Å². The summed E-state index contributed by atoms with van der Waals surface area (Å²) in [4.78, 5) is 14.2. The number of amides is 1. The summed E-state index contributed by atoms with van der Waals surface area (Å²) in [6.45, 7) is 2.01. The molecular formula is C26H39K4N7O13S4. The standard InChI is InChI=1S/C26H43N7O13S4.4K/c1-18(34)29-23-14-20(32(10-2-4-12-48(37,38)39)11-3-5-13-49(40,41)42)6-8-22(23)30-31-26-19(16-27)17-28-33(26)24-15-21(50(43,44)45)7-9-25(24)46-47(35)36;;;;/h17,20-25H,2-15H2,1H3,(H,29,34)(H,35,36)(H,37,38,39)(H,40,41,42)(H,43,44,45);;;;/q;4*+1/p-4. The van der Waals surface area contributed by atoms with Crippen LogP contribution in [0.25, 0.3) is 0 Å². The van der Waals surface area contributed by atoms with Crippen molar-refractivity contribution in [2.24, 2.45) is 10.2 Å². The van der Waals surface area contributed by atoms with Gasteiger partial charge >= 0.3 is 206 Å². The van der Waals surface area contributed by atoms with Crippen molar-refractivity contribution < 1.29 is 262 Å². The molecule has 2 aliphatic rings. The molecule has 2 fully saturated rings. The minimum atomic E-state index is -4.76. The fourth-order valence-electron chi connectivity index (χ4n) is 6.40. The Balaban J connectivity index is 0. The van der Waals surface area contributed by atoms with E-state index in [1.807, 2.05) is 11.0 Å². The molecule has 7 unspecified atom stereocenters. The van der Waals surface area contributed by atoms with Crippen molar-refractivity contribution in [1.29, 1.82) is 5.26 Å². The third-order valence-corrected chi connectivity index (χ3v) is 11.9. The minimum absolute atomic E-state index is 0. The Labute approximate surface area is 489 Å². The van der Waals surface area contributed by atoms with Crippen molar-refractivity contribution >= 4 is 53.4 Å². The zero-order valence-electron chi connectivity index (χ0n) is 31.1. The van der Waals surface area contributed by atoms with Gasteiger partial charge in [0.1, 0.15) is 11.6 Å². The van der Waals surface area contributed by atoms with Crippen LogP contribution in [-0.2, 0) is 50.7 Å². The van der Waals surface area contributed by atoms with Gasteiger partial charge in [0.2, 0.25) is 5.91 Å². The van der Waals surface area contributed by atoms with E-state index in [-0.39, 0.29) is 261 Å². The summed E-state index contributed by atoms with van der Waals surface area (Å²) in [5, 5.41) is 24.0. The average molecular weight is 942 g/mol. The molecule has 0 radical (unpaired) electrons. The van der Waals surface area contributed by atoms with Gasteiger partial charge in [-0.25, -0.2) is 34.1 Å². The Kier molecular flexibility index (Phi) is 32.0. The average Bonchev–Trinajstić information content (AvgIpc) is 3.40. The Hall–Kier alpha value is 4.08. The van der Waals surface area contributed by atoms with Crippen LogP contribution in [0, 0.1) is 11.3 Å². The van der Waals surface area contributed by atoms with Crippen LogP contribution < -0.4 is 211 Å². The smallest absolute Gasteiger partial charge is 0.750 e. The molecule has 1 heterocycles. The first kappa shape index (κ1) is 60.2. The normalized spacial score (nSPS) is 23.9. The fourth-order valence-corrected chi connectivity index (χ4v) is 8.80. The molecule has 2 aliphatic carbocycles. The van der Waals surface area contributed by atoms with Crippen LogP contribution in [0.3, 0.4) is 0 Å². The van der Waals surface area contributed by atoms with Gasteiger partial charge in [0, 0.05) is 24.5 Å². The molecule has 1 aromatic rings. The summed E-state index contributed by atoms with van der Waals surface area (Å²) in [6, 6.07) is -0.669. The molecule has 0 aliphatic heterocycles. The molecular weight excluding hydrogens is 903 g/mol. The Morgan fingerprint density at radius 3 is 2.04 bits per heavy atom. The van der Waals surface area contributed by atoms with Crippen LogP contribution >= 0.6 is 0 Å². The van der Waals surface area contributed by atoms with Crippen LogP contribution in [0.5, 0.6) is 0 Å². The summed E-state index contributed by atoms with van der Waals surface area (Å²) in [7, 11) is -13.6. The van der Waals surface area contributed by atoms with Gasteiger partial charge in [-0.2, -0.15) is 15.5 Å². The maximum Gasteiger partial charge on any atom is 1.00 e. The molecule has 28 heteroatoms. The number of nitriles is 1. The first-order chi connectivity index (χ1) is 23.3. The molecule has 54 heavy (non-hydrogen) atoms. The van der Waals surface area contributed by atoms with Crippen molar-refractivity contribution in [3.63, 3.8) is 0 Å². The largest absolute Gasteiger partial charge is 1.00 e. The predicted molar refractivity (Wildman–Crippen MR) is 170 cm³/mol. The van der Waals surface area contributed by atoms with Gasteiger partial charge in [0.25, 0.3) is 0 Å². The maximum atomic E-state index is 12.2. The first-order valence-corrected chi connectivity index (χ1v) is 21.4. The number of nitrogens with one attached hydrogen (secondary N) is 1. The van der Waals surface area contributed by atoms with E-state index in [0.29, 0.717) is 45.2 Å². The van der Waals surface area contributed by atoms with Crippen molar-refractivity contribution in [2.75, 3.05) is 24.6 Å². The Morgan fingerprint density at radius 2 is 1.56 bits per heavy atom. The van der Waals surface area contributed by atoms with Gasteiger partial charge in [0.05, 0.1) is 77.4 Å². The van der Waals surface area contributed by atoms with Crippen LogP contribution in [0.2, 0.25) is 0 Å². The molecule has 0 bridgehead atoms. The summed E-state index contributed by atoms with van der Waals surface area (Å²) in [5.41, 5.74) is -0.0843. The van der Waals surface area contributed by atoms with Crippen LogP contribution in [0.1, 0.15) is 82.7 Å². The molecule has 7 atom stereocenters. The molecule has 284 valence electrons.